The molecule has 0 fully saturated rings. The Kier molecular flexibility index (Phi) is 11.7. The van der Waals surface area contributed by atoms with Gasteiger partial charge < -0.3 is 9.47 Å². The Labute approximate surface area is 273 Å². The predicted molar refractivity (Wildman–Crippen MR) is 170 cm³/mol. The summed E-state index contributed by atoms with van der Waals surface area (Å²) in [5, 5.41) is 0.638. The van der Waals surface area contributed by atoms with E-state index in [-0.39, 0.29) is 47.3 Å². The molecule has 0 N–H and O–H groups in total. The van der Waals surface area contributed by atoms with E-state index in [1.807, 2.05) is 0 Å². The van der Waals surface area contributed by atoms with E-state index >= 15 is 0 Å². The minimum atomic E-state index is -0.474. The van der Waals surface area contributed by atoms with Gasteiger partial charge in [0.2, 0.25) is 0 Å². The fourth-order valence-corrected chi connectivity index (χ4v) is 6.70. The van der Waals surface area contributed by atoms with Gasteiger partial charge in [0.15, 0.2) is 0 Å². The summed E-state index contributed by atoms with van der Waals surface area (Å²) in [6, 6.07) is 3.15. The van der Waals surface area contributed by atoms with Crippen molar-refractivity contribution in [3.05, 3.63) is 43.3 Å². The molecule has 4 rings (SSSR count). The second kappa shape index (κ2) is 15.2. The molecule has 44 heavy (non-hydrogen) atoms. The van der Waals surface area contributed by atoms with Gasteiger partial charge in [0.1, 0.15) is 0 Å². The molecule has 2 heterocycles. The lowest BCUT2D eigenvalue weighted by molar-refractivity contribution is -0.144. The van der Waals surface area contributed by atoms with Crippen molar-refractivity contribution in [3.8, 4) is 0 Å². The van der Waals surface area contributed by atoms with Crippen molar-refractivity contribution in [2.24, 2.45) is 0 Å². The number of hydrogen-bond donors (Lipinski definition) is 0. The normalized spacial score (nSPS) is 14.1. The highest BCUT2D eigenvalue weighted by Crippen LogP contribution is 2.44. The summed E-state index contributed by atoms with van der Waals surface area (Å²) in [6.07, 6.45) is 6.32. The van der Waals surface area contributed by atoms with Crippen LogP contribution in [0.25, 0.3) is 10.8 Å². The van der Waals surface area contributed by atoms with Crippen LogP contribution in [0.3, 0.4) is 0 Å². The quantitative estimate of drug-likeness (QED) is 0.107. The molecule has 0 aromatic heterocycles. The van der Waals surface area contributed by atoms with Crippen molar-refractivity contribution in [2.45, 2.75) is 78.1 Å². The summed E-state index contributed by atoms with van der Waals surface area (Å²) >= 11 is 6.96. The van der Waals surface area contributed by atoms with Crippen LogP contribution in [0.15, 0.2) is 21.1 Å². The standard InChI is InChI=1S/C32H36Br2N2O8/c1-3-23(37)43-15-11-7-5-9-13-35-29(39)19-17-22(34)28-26-20(18-21(33)27(25(19)26)31(35)41)30(40)36(32(28)42)14-10-6-8-12-16-44-24(38)4-2/h17-18H,3-16H2,1-2H3. The number of carbonyl (C=O) groups excluding carboxylic acids is 6. The van der Waals surface area contributed by atoms with Crippen LogP contribution >= 0.6 is 31.9 Å². The maximum absolute atomic E-state index is 13.7. The summed E-state index contributed by atoms with van der Waals surface area (Å²) in [4.78, 5) is 79.5. The van der Waals surface area contributed by atoms with E-state index in [1.165, 1.54) is 9.80 Å². The van der Waals surface area contributed by atoms with E-state index in [4.69, 9.17) is 9.47 Å². The number of ether oxygens (including phenoxy) is 2. The molecule has 0 bridgehead atoms. The number of esters is 2. The first-order valence-electron chi connectivity index (χ1n) is 15.1. The molecule has 4 amide bonds. The predicted octanol–water partition coefficient (Wildman–Crippen LogP) is 6.58. The van der Waals surface area contributed by atoms with E-state index in [1.54, 1.807) is 26.0 Å². The summed E-state index contributed by atoms with van der Waals surface area (Å²) < 4.78 is 11.0. The number of nitrogens with zero attached hydrogens (tertiary/aromatic N) is 2. The summed E-state index contributed by atoms with van der Waals surface area (Å²) in [5.41, 5.74) is 1.04. The van der Waals surface area contributed by atoms with Gasteiger partial charge >= 0.3 is 11.9 Å². The number of rotatable bonds is 16. The minimum Gasteiger partial charge on any atom is -0.466 e. The minimum absolute atomic E-state index is 0.216. The number of imide groups is 2. The van der Waals surface area contributed by atoms with E-state index in [0.29, 0.717) is 71.5 Å². The third-order valence-corrected chi connectivity index (χ3v) is 9.08. The molecule has 2 aliphatic rings. The lowest BCUT2D eigenvalue weighted by atomic mass is 9.85. The number of amides is 4. The SMILES string of the molecule is CCC(=O)OCCCCCCN1C(=O)c2cc(Br)c3c4c(cc(Br)c(c24)C1=O)C(=O)N(CCCCCCOC(=O)CC)C3=O. The highest BCUT2D eigenvalue weighted by atomic mass is 79.9. The molecule has 0 atom stereocenters. The van der Waals surface area contributed by atoms with Crippen molar-refractivity contribution in [2.75, 3.05) is 26.3 Å². The van der Waals surface area contributed by atoms with E-state index in [0.717, 1.165) is 25.7 Å². The Morgan fingerprint density at radius 2 is 0.955 bits per heavy atom. The van der Waals surface area contributed by atoms with Crippen LogP contribution in [0, 0.1) is 0 Å². The Hall–Kier alpha value is -3.12. The Morgan fingerprint density at radius 3 is 1.32 bits per heavy atom. The molecule has 2 aliphatic heterocycles. The monoisotopic (exact) mass is 734 g/mol. The van der Waals surface area contributed by atoms with Gasteiger partial charge in [-0.05, 0) is 82.5 Å². The first-order valence-corrected chi connectivity index (χ1v) is 16.7. The maximum Gasteiger partial charge on any atom is 0.305 e. The second-order valence-corrected chi connectivity index (χ2v) is 12.5. The highest BCUT2D eigenvalue weighted by molar-refractivity contribution is 9.10. The zero-order valence-corrected chi connectivity index (χ0v) is 28.1. The molecule has 0 radical (unpaired) electrons. The van der Waals surface area contributed by atoms with Crippen LogP contribution in [-0.4, -0.2) is 71.7 Å². The largest absolute Gasteiger partial charge is 0.466 e. The van der Waals surface area contributed by atoms with Crippen molar-refractivity contribution >= 4 is 78.2 Å². The molecule has 2 aromatic carbocycles. The van der Waals surface area contributed by atoms with E-state index in [9.17, 15) is 28.8 Å². The fraction of sp³-hybridized carbons (Fsp3) is 0.500. The van der Waals surface area contributed by atoms with Crippen LogP contribution in [0.2, 0.25) is 0 Å². The van der Waals surface area contributed by atoms with Gasteiger partial charge in [-0.2, -0.15) is 0 Å². The zero-order chi connectivity index (χ0) is 32.0. The summed E-state index contributed by atoms with van der Waals surface area (Å²) in [6.45, 7) is 4.61. The van der Waals surface area contributed by atoms with Crippen molar-refractivity contribution in [3.63, 3.8) is 0 Å². The van der Waals surface area contributed by atoms with Gasteiger partial charge in [0.25, 0.3) is 23.6 Å². The number of benzene rings is 2. The number of hydrogen-bond acceptors (Lipinski definition) is 8. The summed E-state index contributed by atoms with van der Waals surface area (Å²) in [7, 11) is 0. The third kappa shape index (κ3) is 7.06. The number of carbonyl (C=O) groups is 6. The van der Waals surface area contributed by atoms with Crippen LogP contribution < -0.4 is 0 Å². The molecule has 0 unspecified atom stereocenters. The van der Waals surface area contributed by atoms with E-state index in [2.05, 4.69) is 31.9 Å². The topological polar surface area (TPSA) is 127 Å². The average Bonchev–Trinajstić information content (AvgIpc) is 3.00. The molecular formula is C32H36Br2N2O8. The molecule has 0 saturated heterocycles. The molecule has 236 valence electrons. The van der Waals surface area contributed by atoms with Gasteiger partial charge in [0, 0.05) is 56.8 Å². The number of unbranched alkanes of at least 4 members (excludes halogenated alkanes) is 6. The van der Waals surface area contributed by atoms with Gasteiger partial charge in [-0.1, -0.05) is 26.7 Å². The van der Waals surface area contributed by atoms with Crippen LogP contribution in [0.5, 0.6) is 0 Å². The molecule has 12 heteroatoms. The maximum atomic E-state index is 13.7. The van der Waals surface area contributed by atoms with E-state index < -0.39 is 23.6 Å². The lowest BCUT2D eigenvalue weighted by Crippen LogP contribution is -2.44. The highest BCUT2D eigenvalue weighted by Gasteiger charge is 2.41. The smallest absolute Gasteiger partial charge is 0.305 e. The van der Waals surface area contributed by atoms with Crippen LogP contribution in [0.4, 0.5) is 0 Å². The van der Waals surface area contributed by atoms with Crippen LogP contribution in [0.1, 0.15) is 119 Å². The van der Waals surface area contributed by atoms with Crippen molar-refractivity contribution in [1.29, 1.82) is 0 Å². The Morgan fingerprint density at radius 1 is 0.591 bits per heavy atom. The zero-order valence-electron chi connectivity index (χ0n) is 25.0. The first kappa shape index (κ1) is 33.8. The number of halogens is 2. The van der Waals surface area contributed by atoms with Gasteiger partial charge in [-0.3, -0.25) is 38.6 Å². The van der Waals surface area contributed by atoms with Gasteiger partial charge in [-0.15, -0.1) is 0 Å². The molecule has 0 aliphatic carbocycles. The molecular weight excluding hydrogens is 700 g/mol. The molecule has 2 aromatic rings. The lowest BCUT2D eigenvalue weighted by Gasteiger charge is -2.33. The molecule has 0 saturated carbocycles. The van der Waals surface area contributed by atoms with Crippen LogP contribution in [-0.2, 0) is 19.1 Å². The molecule has 10 nitrogen and oxygen atoms in total. The Balaban J connectivity index is 1.47. The van der Waals surface area contributed by atoms with Crippen molar-refractivity contribution < 1.29 is 38.2 Å². The molecule has 0 spiro atoms. The van der Waals surface area contributed by atoms with Gasteiger partial charge in [-0.25, -0.2) is 0 Å². The average molecular weight is 736 g/mol. The first-order chi connectivity index (χ1) is 21.1. The van der Waals surface area contributed by atoms with Gasteiger partial charge in [0.05, 0.1) is 24.3 Å². The summed E-state index contributed by atoms with van der Waals surface area (Å²) in [5.74, 6) is -2.36. The third-order valence-electron chi connectivity index (χ3n) is 7.83. The van der Waals surface area contributed by atoms with Crippen molar-refractivity contribution in [1.82, 2.24) is 9.80 Å². The fourth-order valence-electron chi connectivity index (χ4n) is 5.50. The Bertz CT molecular complexity index is 1390. The second-order valence-electron chi connectivity index (χ2n) is 10.8.